The summed E-state index contributed by atoms with van der Waals surface area (Å²) in [5.74, 6) is 0.606. The van der Waals surface area contributed by atoms with E-state index in [0.29, 0.717) is 5.92 Å². The molecule has 0 fully saturated rings. The van der Waals surface area contributed by atoms with Crippen molar-refractivity contribution in [1.82, 2.24) is 0 Å². The normalized spacial score (nSPS) is 12.0. The van der Waals surface area contributed by atoms with Crippen LogP contribution < -0.4 is 0 Å². The molecule has 0 bridgehead atoms. The van der Waals surface area contributed by atoms with Crippen LogP contribution in [-0.4, -0.2) is 8.42 Å². The molecule has 15 heavy (non-hydrogen) atoms. The third-order valence-electron chi connectivity index (χ3n) is 2.22. The van der Waals surface area contributed by atoms with Gasteiger partial charge in [-0.25, -0.2) is 0 Å². The lowest BCUT2D eigenvalue weighted by molar-refractivity contribution is 0.552. The van der Waals surface area contributed by atoms with E-state index < -0.39 is 10.2 Å². The molecule has 1 rings (SSSR count). The summed E-state index contributed by atoms with van der Waals surface area (Å²) < 4.78 is 33.6. The third kappa shape index (κ3) is 4.00. The first-order valence-electron chi connectivity index (χ1n) is 4.93. The zero-order valence-corrected chi connectivity index (χ0v) is 9.72. The van der Waals surface area contributed by atoms with Crippen molar-refractivity contribution in [3.05, 3.63) is 29.8 Å². The molecule has 0 saturated heterocycles. The van der Waals surface area contributed by atoms with Crippen LogP contribution in [-0.2, 0) is 16.6 Å². The van der Waals surface area contributed by atoms with Crippen molar-refractivity contribution in [3.8, 4) is 0 Å². The summed E-state index contributed by atoms with van der Waals surface area (Å²) in [7, 11) is -4.55. The summed E-state index contributed by atoms with van der Waals surface area (Å²) >= 11 is 0. The van der Waals surface area contributed by atoms with E-state index in [2.05, 4.69) is 13.8 Å². The Kier molecular flexibility index (Phi) is 3.85. The maximum absolute atomic E-state index is 12.5. The van der Waals surface area contributed by atoms with Gasteiger partial charge in [0.2, 0.25) is 0 Å². The lowest BCUT2D eigenvalue weighted by atomic mass is 10.0. The first-order chi connectivity index (χ1) is 6.89. The number of rotatable bonds is 4. The molecular weight excluding hydrogens is 215 g/mol. The van der Waals surface area contributed by atoms with Crippen molar-refractivity contribution in [2.45, 2.75) is 31.6 Å². The summed E-state index contributed by atoms with van der Waals surface area (Å²) in [5, 5.41) is 0. The molecule has 0 aliphatic heterocycles. The zero-order chi connectivity index (χ0) is 11.5. The van der Waals surface area contributed by atoms with Gasteiger partial charge in [0.1, 0.15) is 0 Å². The molecule has 0 atom stereocenters. The summed E-state index contributed by atoms with van der Waals surface area (Å²) in [6.07, 6.45) is 1.94. The summed E-state index contributed by atoms with van der Waals surface area (Å²) in [5.41, 5.74) is 1.04. The largest absolute Gasteiger partial charge is 0.332 e. The van der Waals surface area contributed by atoms with Gasteiger partial charge < -0.3 is 0 Å². The van der Waals surface area contributed by atoms with Crippen LogP contribution in [0.5, 0.6) is 0 Å². The molecule has 0 N–H and O–H groups in total. The van der Waals surface area contributed by atoms with Gasteiger partial charge in [-0.2, -0.15) is 8.42 Å². The molecule has 0 amide bonds. The van der Waals surface area contributed by atoms with Crippen LogP contribution in [0.3, 0.4) is 0 Å². The van der Waals surface area contributed by atoms with E-state index in [4.69, 9.17) is 0 Å². The Bertz CT molecular complexity index is 407. The third-order valence-corrected chi connectivity index (χ3v) is 3.05. The van der Waals surface area contributed by atoms with E-state index >= 15 is 0 Å². The summed E-state index contributed by atoms with van der Waals surface area (Å²) in [6.45, 7) is 4.25. The second kappa shape index (κ2) is 4.75. The van der Waals surface area contributed by atoms with Crippen molar-refractivity contribution in [2.75, 3.05) is 0 Å². The van der Waals surface area contributed by atoms with Crippen molar-refractivity contribution in [1.29, 1.82) is 0 Å². The average molecular weight is 230 g/mol. The molecule has 2 nitrogen and oxygen atoms in total. The van der Waals surface area contributed by atoms with E-state index in [1.54, 1.807) is 12.1 Å². The van der Waals surface area contributed by atoms with Crippen LogP contribution in [0.15, 0.2) is 29.2 Å². The Balaban J connectivity index is 2.73. The number of hydrogen-bond acceptors (Lipinski definition) is 2. The van der Waals surface area contributed by atoms with E-state index in [1.807, 2.05) is 0 Å². The minimum Gasteiger partial charge on any atom is -0.189 e. The average Bonchev–Trinajstić information content (AvgIpc) is 2.14. The van der Waals surface area contributed by atoms with Gasteiger partial charge in [0.15, 0.2) is 0 Å². The Labute approximate surface area is 90.3 Å². The van der Waals surface area contributed by atoms with E-state index in [0.717, 1.165) is 18.4 Å². The van der Waals surface area contributed by atoms with Crippen molar-refractivity contribution in [2.24, 2.45) is 5.92 Å². The monoisotopic (exact) mass is 230 g/mol. The Morgan fingerprint density at radius 2 is 1.73 bits per heavy atom. The fraction of sp³-hybridized carbons (Fsp3) is 0.455. The molecule has 0 aliphatic rings. The maximum atomic E-state index is 12.5. The Morgan fingerprint density at radius 3 is 2.13 bits per heavy atom. The quantitative estimate of drug-likeness (QED) is 0.745. The fourth-order valence-electron chi connectivity index (χ4n) is 1.27. The molecule has 0 spiro atoms. The standard InChI is InChI=1S/C11H15FO2S/c1-9(2)3-4-10-5-7-11(8-6-10)15(12,13)14/h5-9H,3-4H2,1-2H3. The molecule has 0 saturated carbocycles. The van der Waals surface area contributed by atoms with Gasteiger partial charge >= 0.3 is 10.2 Å². The van der Waals surface area contributed by atoms with Crippen LogP contribution in [0.25, 0.3) is 0 Å². The van der Waals surface area contributed by atoms with Gasteiger partial charge in [0.05, 0.1) is 4.90 Å². The van der Waals surface area contributed by atoms with Gasteiger partial charge in [-0.3, -0.25) is 0 Å². The first-order valence-corrected chi connectivity index (χ1v) is 6.31. The molecular formula is C11H15FO2S. The van der Waals surface area contributed by atoms with E-state index in [1.165, 1.54) is 12.1 Å². The SMILES string of the molecule is CC(C)CCc1ccc(S(=O)(=O)F)cc1. The van der Waals surface area contributed by atoms with Crippen molar-refractivity contribution >= 4 is 10.2 Å². The predicted octanol–water partition coefficient (Wildman–Crippen LogP) is 2.93. The van der Waals surface area contributed by atoms with Crippen LogP contribution in [0.2, 0.25) is 0 Å². The molecule has 0 radical (unpaired) electrons. The highest BCUT2D eigenvalue weighted by Gasteiger charge is 2.10. The molecule has 1 aromatic carbocycles. The highest BCUT2D eigenvalue weighted by molar-refractivity contribution is 7.86. The number of benzene rings is 1. The lowest BCUT2D eigenvalue weighted by Gasteiger charge is -2.04. The number of aryl methyl sites for hydroxylation is 1. The summed E-state index contributed by atoms with van der Waals surface area (Å²) in [4.78, 5) is -0.268. The summed E-state index contributed by atoms with van der Waals surface area (Å²) in [6, 6.07) is 5.94. The number of halogens is 1. The Morgan fingerprint density at radius 1 is 1.20 bits per heavy atom. The molecule has 1 aromatic rings. The minimum absolute atomic E-state index is 0.268. The zero-order valence-electron chi connectivity index (χ0n) is 8.90. The second-order valence-electron chi connectivity index (χ2n) is 4.01. The molecule has 4 heteroatoms. The first kappa shape index (κ1) is 12.2. The highest BCUT2D eigenvalue weighted by Crippen LogP contribution is 2.15. The second-order valence-corrected chi connectivity index (χ2v) is 5.36. The van der Waals surface area contributed by atoms with Crippen LogP contribution in [0, 0.1) is 5.92 Å². The molecule has 0 unspecified atom stereocenters. The maximum Gasteiger partial charge on any atom is 0.332 e. The number of hydrogen-bond donors (Lipinski definition) is 0. The van der Waals surface area contributed by atoms with Crippen LogP contribution in [0.1, 0.15) is 25.8 Å². The topological polar surface area (TPSA) is 34.1 Å². The van der Waals surface area contributed by atoms with Gasteiger partial charge in [-0.1, -0.05) is 26.0 Å². The van der Waals surface area contributed by atoms with E-state index in [-0.39, 0.29) is 4.90 Å². The fourth-order valence-corrected chi connectivity index (χ4v) is 1.74. The Hall–Kier alpha value is -0.900. The van der Waals surface area contributed by atoms with Crippen LogP contribution >= 0.6 is 0 Å². The van der Waals surface area contributed by atoms with Gasteiger partial charge in [-0.05, 0) is 36.5 Å². The van der Waals surface area contributed by atoms with Gasteiger partial charge in [0.25, 0.3) is 0 Å². The molecule has 0 aromatic heterocycles. The van der Waals surface area contributed by atoms with Gasteiger partial charge in [-0.15, -0.1) is 3.89 Å². The van der Waals surface area contributed by atoms with Crippen LogP contribution in [0.4, 0.5) is 3.89 Å². The lowest BCUT2D eigenvalue weighted by Crippen LogP contribution is -1.94. The van der Waals surface area contributed by atoms with E-state index in [9.17, 15) is 12.3 Å². The molecule has 0 aliphatic carbocycles. The molecule has 0 heterocycles. The predicted molar refractivity (Wildman–Crippen MR) is 57.9 cm³/mol. The van der Waals surface area contributed by atoms with Crippen molar-refractivity contribution < 1.29 is 12.3 Å². The molecule has 84 valence electrons. The van der Waals surface area contributed by atoms with Crippen molar-refractivity contribution in [3.63, 3.8) is 0 Å². The van der Waals surface area contributed by atoms with Gasteiger partial charge in [0, 0.05) is 0 Å². The highest BCUT2D eigenvalue weighted by atomic mass is 32.3. The smallest absolute Gasteiger partial charge is 0.189 e. The minimum atomic E-state index is -4.55.